The summed E-state index contributed by atoms with van der Waals surface area (Å²) in [5.41, 5.74) is 0.222. The molecule has 0 spiro atoms. The minimum atomic E-state index is -0.758. The van der Waals surface area contributed by atoms with Crippen LogP contribution < -0.4 is 15.0 Å². The lowest BCUT2D eigenvalue weighted by molar-refractivity contribution is 0.183. The number of halogens is 2. The average Bonchev–Trinajstić information content (AvgIpc) is 3.69. The molecule has 0 amide bonds. The summed E-state index contributed by atoms with van der Waals surface area (Å²) < 4.78 is 38.2. The van der Waals surface area contributed by atoms with Gasteiger partial charge in [0.2, 0.25) is 0 Å². The molecule has 230 valence electrons. The van der Waals surface area contributed by atoms with E-state index in [1.54, 1.807) is 6.92 Å². The molecule has 2 N–H and O–H groups in total. The lowest BCUT2D eigenvalue weighted by Crippen LogP contribution is -2.51. The van der Waals surface area contributed by atoms with Gasteiger partial charge in [0.25, 0.3) is 0 Å². The zero-order chi connectivity index (χ0) is 31.5. The number of aromatic nitrogens is 3. The number of anilines is 1. The highest BCUT2D eigenvalue weighted by molar-refractivity contribution is 6.04. The second kappa shape index (κ2) is 11.1. The van der Waals surface area contributed by atoms with Crippen molar-refractivity contribution in [2.45, 2.75) is 44.7 Å². The van der Waals surface area contributed by atoms with Crippen LogP contribution >= 0.6 is 0 Å². The highest BCUT2D eigenvalue weighted by Crippen LogP contribution is 2.46. The number of hydrogen-bond donors (Lipinski definition) is 2. The Morgan fingerprint density at radius 3 is 2.53 bits per heavy atom. The van der Waals surface area contributed by atoms with Crippen LogP contribution in [0.1, 0.15) is 43.9 Å². The molecule has 2 aromatic carbocycles. The van der Waals surface area contributed by atoms with Gasteiger partial charge in [-0.05, 0) is 76.2 Å². The summed E-state index contributed by atoms with van der Waals surface area (Å²) in [7, 11) is 4.07. The third-order valence-electron chi connectivity index (χ3n) is 9.07. The van der Waals surface area contributed by atoms with E-state index in [4.69, 9.17) is 21.1 Å². The van der Waals surface area contributed by atoms with Crippen molar-refractivity contribution in [2.24, 2.45) is 5.41 Å². The molecule has 3 fully saturated rings. The van der Waals surface area contributed by atoms with Crippen molar-refractivity contribution in [2.75, 3.05) is 45.2 Å². The van der Waals surface area contributed by atoms with Gasteiger partial charge >= 0.3 is 6.01 Å². The van der Waals surface area contributed by atoms with Crippen LogP contribution in [0.2, 0.25) is 0 Å². The summed E-state index contributed by atoms with van der Waals surface area (Å²) in [6.07, 6.45) is 9.89. The summed E-state index contributed by atoms with van der Waals surface area (Å²) in [4.78, 5) is 18.5. The predicted molar refractivity (Wildman–Crippen MR) is 170 cm³/mol. The fraction of sp³-hybridized carbons (Fsp3) is 0.400. The van der Waals surface area contributed by atoms with E-state index in [0.29, 0.717) is 48.4 Å². The van der Waals surface area contributed by atoms with E-state index in [2.05, 4.69) is 37.9 Å². The first-order valence-electron chi connectivity index (χ1n) is 15.2. The Hall–Kier alpha value is -4.51. The zero-order valence-electron chi connectivity index (χ0n) is 25.5. The van der Waals surface area contributed by atoms with Crippen LogP contribution in [0.5, 0.6) is 11.8 Å². The number of piperazine rings is 1. The largest absolute Gasteiger partial charge is 0.508 e. The van der Waals surface area contributed by atoms with Crippen molar-refractivity contribution in [1.29, 1.82) is 0 Å². The van der Waals surface area contributed by atoms with Crippen LogP contribution in [-0.2, 0) is 0 Å². The molecule has 2 bridgehead atoms. The number of nitrogens with one attached hydrogen (secondary N) is 1. The molecule has 3 aliphatic rings. The van der Waals surface area contributed by atoms with Crippen LogP contribution in [0.4, 0.5) is 14.6 Å². The molecule has 8 nitrogen and oxygen atoms in total. The Labute approximate surface area is 260 Å². The number of ether oxygens (including phenoxy) is 1. The monoisotopic (exact) mass is 608 g/mol. The van der Waals surface area contributed by atoms with Crippen molar-refractivity contribution < 1.29 is 18.6 Å². The molecule has 2 saturated heterocycles. The number of nitrogens with zero attached hydrogens (tertiary/aromatic N) is 5. The topological polar surface area (TPSA) is 86.6 Å². The van der Waals surface area contributed by atoms with E-state index in [-0.39, 0.29) is 50.6 Å². The van der Waals surface area contributed by atoms with Gasteiger partial charge in [0.05, 0.1) is 17.6 Å². The number of fused-ring (bicyclic) bond motifs is 4. The molecule has 2 aromatic heterocycles. The molecule has 2 atom stereocenters. The molecular formula is C35H34F2N6O2. The van der Waals surface area contributed by atoms with Crippen molar-refractivity contribution in [3.8, 4) is 47.2 Å². The van der Waals surface area contributed by atoms with Gasteiger partial charge in [0, 0.05) is 48.1 Å². The Bertz CT molecular complexity index is 1940. The molecule has 1 saturated carbocycles. The molecule has 1 aliphatic carbocycles. The van der Waals surface area contributed by atoms with E-state index in [1.807, 2.05) is 14.1 Å². The van der Waals surface area contributed by atoms with Gasteiger partial charge in [0.1, 0.15) is 34.3 Å². The average molecular weight is 609 g/mol. The summed E-state index contributed by atoms with van der Waals surface area (Å²) >= 11 is 0. The van der Waals surface area contributed by atoms with Gasteiger partial charge in [-0.3, -0.25) is 0 Å². The number of rotatable bonds is 7. The molecule has 45 heavy (non-hydrogen) atoms. The minimum Gasteiger partial charge on any atom is -0.508 e. The van der Waals surface area contributed by atoms with Gasteiger partial charge in [-0.15, -0.1) is 6.42 Å². The first kappa shape index (κ1) is 29.2. The van der Waals surface area contributed by atoms with E-state index >= 15 is 4.39 Å². The molecule has 10 heteroatoms. The van der Waals surface area contributed by atoms with E-state index in [9.17, 15) is 9.50 Å². The Morgan fingerprint density at radius 2 is 1.87 bits per heavy atom. The van der Waals surface area contributed by atoms with Crippen LogP contribution in [0.15, 0.2) is 24.3 Å². The molecule has 2 aliphatic heterocycles. The Morgan fingerprint density at radius 1 is 1.11 bits per heavy atom. The summed E-state index contributed by atoms with van der Waals surface area (Å²) in [5, 5.41) is 15.4. The number of pyridine rings is 1. The zero-order valence-corrected chi connectivity index (χ0v) is 25.5. The molecule has 4 aromatic rings. The maximum Gasteiger partial charge on any atom is 0.319 e. The predicted octanol–water partition coefficient (Wildman–Crippen LogP) is 4.84. The highest BCUT2D eigenvalue weighted by Gasteiger charge is 2.44. The van der Waals surface area contributed by atoms with Gasteiger partial charge in [-0.1, -0.05) is 17.9 Å². The van der Waals surface area contributed by atoms with Crippen LogP contribution in [0.3, 0.4) is 0 Å². The lowest BCUT2D eigenvalue weighted by atomic mass is 9.95. The Balaban J connectivity index is 1.46. The number of terminal acetylenes is 1. The van der Waals surface area contributed by atoms with Gasteiger partial charge in [0.15, 0.2) is 5.82 Å². The second-order valence-corrected chi connectivity index (χ2v) is 12.8. The molecular weight excluding hydrogens is 574 g/mol. The van der Waals surface area contributed by atoms with Gasteiger partial charge in [-0.25, -0.2) is 13.8 Å². The number of aromatic hydroxyl groups is 1. The maximum atomic E-state index is 17.0. The number of benzene rings is 2. The number of hydrogen-bond acceptors (Lipinski definition) is 8. The van der Waals surface area contributed by atoms with E-state index in [1.165, 1.54) is 24.3 Å². The fourth-order valence-electron chi connectivity index (χ4n) is 6.95. The first-order chi connectivity index (χ1) is 21.7. The molecule has 0 unspecified atom stereocenters. The molecule has 4 heterocycles. The van der Waals surface area contributed by atoms with Crippen LogP contribution in [0.25, 0.3) is 32.9 Å². The standard InChI is InChI=1S/C35H34F2N6O2/c1-5-7-27-29-32(30(37)31(39-27)25-15-23(44)14-20-8-11-26(36)24(6-2)28(20)25)40-34(45-19-35(12-13-35)18-42(3)4)41-33(29)43-16-21-9-10-22(17-43)38-21/h2,8,11,14-15,21-22,38,44H,9-10,12-13,16-19H2,1,3-4H3/t21-,22+. The maximum absolute atomic E-state index is 17.0. The van der Waals surface area contributed by atoms with Crippen molar-refractivity contribution >= 4 is 27.5 Å². The first-order valence-corrected chi connectivity index (χ1v) is 15.2. The fourth-order valence-corrected chi connectivity index (χ4v) is 6.95. The minimum absolute atomic E-state index is 0.00348. The van der Waals surface area contributed by atoms with Crippen molar-refractivity contribution in [1.82, 2.24) is 25.2 Å². The third-order valence-corrected chi connectivity index (χ3v) is 9.07. The summed E-state index contributed by atoms with van der Waals surface area (Å²) in [5.74, 6) is 7.33. The van der Waals surface area contributed by atoms with E-state index < -0.39 is 11.6 Å². The highest BCUT2D eigenvalue weighted by atomic mass is 19.1. The molecule has 7 rings (SSSR count). The van der Waals surface area contributed by atoms with Crippen molar-refractivity contribution in [3.05, 3.63) is 47.2 Å². The summed E-state index contributed by atoms with van der Waals surface area (Å²) in [6, 6.07) is 6.18. The third kappa shape index (κ3) is 5.28. The van der Waals surface area contributed by atoms with Gasteiger partial charge in [-0.2, -0.15) is 9.97 Å². The summed E-state index contributed by atoms with van der Waals surface area (Å²) in [6.45, 7) is 4.33. The normalized spacial score (nSPS) is 19.9. The quantitative estimate of drug-likeness (QED) is 0.289. The SMILES string of the molecule is C#Cc1c(F)ccc2cc(O)cc(-c3nc(C#CC)c4c(N5C[C@H]6CC[C@@H](C5)N6)nc(OCC5(CN(C)C)CC5)nc4c3F)c12. The smallest absolute Gasteiger partial charge is 0.319 e. The van der Waals surface area contributed by atoms with E-state index in [0.717, 1.165) is 32.2 Å². The second-order valence-electron chi connectivity index (χ2n) is 12.8. The van der Waals surface area contributed by atoms with Crippen LogP contribution in [-0.4, -0.2) is 77.4 Å². The molecule has 0 radical (unpaired) electrons. The van der Waals surface area contributed by atoms with Crippen molar-refractivity contribution in [3.63, 3.8) is 0 Å². The lowest BCUT2D eigenvalue weighted by Gasteiger charge is -2.34. The number of phenols is 1. The Kier molecular flexibility index (Phi) is 7.23. The number of phenolic OH excluding ortho intramolecular Hbond substituents is 1. The van der Waals surface area contributed by atoms with Crippen LogP contribution in [0, 0.1) is 41.2 Å². The van der Waals surface area contributed by atoms with Gasteiger partial charge < -0.3 is 25.0 Å².